The van der Waals surface area contributed by atoms with Crippen LogP contribution in [0.2, 0.25) is 0 Å². The molecule has 0 aliphatic heterocycles. The summed E-state index contributed by atoms with van der Waals surface area (Å²) >= 11 is 0. The third-order valence-electron chi connectivity index (χ3n) is 5.88. The lowest BCUT2D eigenvalue weighted by Gasteiger charge is -1.97. The maximum atomic E-state index is 10.7. The van der Waals surface area contributed by atoms with E-state index in [-0.39, 0.29) is 0 Å². The van der Waals surface area contributed by atoms with Crippen molar-refractivity contribution in [2.75, 3.05) is 0 Å². The fourth-order valence-corrected chi connectivity index (χ4v) is 4.36. The molecule has 0 aliphatic rings. The third-order valence-corrected chi connectivity index (χ3v) is 5.88. The van der Waals surface area contributed by atoms with Crippen LogP contribution in [0.15, 0.2) is 104 Å². The van der Waals surface area contributed by atoms with Gasteiger partial charge in [0.05, 0.1) is 11.2 Å². The average Bonchev–Trinajstić information content (AvgIpc) is 3.47. The summed E-state index contributed by atoms with van der Waals surface area (Å²) in [5, 5.41) is 24.3. The van der Waals surface area contributed by atoms with Gasteiger partial charge in [-0.3, -0.25) is 0 Å². The average molecular weight is 417 g/mol. The quantitative estimate of drug-likeness (QED) is 0.228. The van der Waals surface area contributed by atoms with Gasteiger partial charge in [-0.25, -0.2) is 0 Å². The van der Waals surface area contributed by atoms with Gasteiger partial charge < -0.3 is 14.0 Å². The summed E-state index contributed by atoms with van der Waals surface area (Å²) < 4.78 is 12.8. The molecule has 0 aliphatic carbocycles. The minimum atomic E-state index is 0.342. The van der Waals surface area contributed by atoms with Crippen molar-refractivity contribution >= 4 is 66.3 Å². The number of rotatable bonds is 2. The first kappa shape index (κ1) is 17.1. The van der Waals surface area contributed by atoms with E-state index < -0.39 is 0 Å². The molecular weight excluding hydrogens is 402 g/mol. The molecule has 0 saturated heterocycles. The largest absolute Gasteiger partial charge is 0.456 e. The molecule has 6 heteroatoms. The van der Waals surface area contributed by atoms with Gasteiger partial charge in [0, 0.05) is 33.0 Å². The highest BCUT2D eigenvalue weighted by molar-refractivity contribution is 6.10. The molecule has 7 rings (SSSR count). The van der Waals surface area contributed by atoms with E-state index in [9.17, 15) is 5.21 Å². The van der Waals surface area contributed by atoms with E-state index in [0.29, 0.717) is 22.6 Å². The molecule has 0 spiro atoms. The highest BCUT2D eigenvalue weighted by Gasteiger charge is 2.13. The van der Waals surface area contributed by atoms with E-state index in [4.69, 9.17) is 8.83 Å². The van der Waals surface area contributed by atoms with Gasteiger partial charge in [-0.05, 0) is 42.5 Å². The smallest absolute Gasteiger partial charge is 0.191 e. The summed E-state index contributed by atoms with van der Waals surface area (Å²) in [6, 6.07) is 27.1. The van der Waals surface area contributed by atoms with Crippen molar-refractivity contribution in [1.29, 1.82) is 0 Å². The number of hydrogen-bond acceptors (Lipinski definition) is 5. The third kappa shape index (κ3) is 2.40. The molecule has 0 unspecified atom stereocenters. The van der Waals surface area contributed by atoms with Crippen LogP contribution < -0.4 is 0 Å². The molecule has 0 saturated carbocycles. The van der Waals surface area contributed by atoms with Crippen LogP contribution in [0.4, 0.5) is 11.5 Å². The molecule has 3 heterocycles. The van der Waals surface area contributed by atoms with E-state index in [2.05, 4.69) is 10.2 Å². The number of furan rings is 2. The molecule has 0 radical (unpaired) electrons. The van der Waals surface area contributed by atoms with Crippen molar-refractivity contribution < 1.29 is 14.0 Å². The standard InChI is InChI=1S/C26H15N3O3/c30-29-21-14-25-19(17-5-1-4-8-23(17)32-25)11-15(21)12-26(29)28-27-16-9-10-24-20(13-16)18-6-2-3-7-22(18)31-24/h1-14,30H. The van der Waals surface area contributed by atoms with E-state index in [1.165, 1.54) is 0 Å². The van der Waals surface area contributed by atoms with Crippen molar-refractivity contribution in [3.63, 3.8) is 0 Å². The maximum absolute atomic E-state index is 10.7. The van der Waals surface area contributed by atoms with Gasteiger partial charge in [0.25, 0.3) is 0 Å². The Balaban J connectivity index is 1.33. The molecule has 0 atom stereocenters. The summed E-state index contributed by atoms with van der Waals surface area (Å²) in [6.45, 7) is 0. The van der Waals surface area contributed by atoms with Crippen LogP contribution >= 0.6 is 0 Å². The summed E-state index contributed by atoms with van der Waals surface area (Å²) in [5.41, 5.74) is 4.46. The van der Waals surface area contributed by atoms with Gasteiger partial charge in [-0.1, -0.05) is 36.4 Å². The number of fused-ring (bicyclic) bond motifs is 7. The van der Waals surface area contributed by atoms with Crippen molar-refractivity contribution in [2.45, 2.75) is 0 Å². The second-order valence-electron chi connectivity index (χ2n) is 7.80. The molecule has 0 amide bonds. The Kier molecular flexibility index (Phi) is 3.33. The number of azo groups is 1. The van der Waals surface area contributed by atoms with Crippen LogP contribution in [0.5, 0.6) is 0 Å². The SMILES string of the molecule is On1c(N=Nc2ccc3oc4ccccc4c3c2)cc2cc3c(cc21)oc1ccccc13. The van der Waals surface area contributed by atoms with Crippen LogP contribution in [-0.2, 0) is 0 Å². The number of nitrogens with zero attached hydrogens (tertiary/aromatic N) is 3. The highest BCUT2D eigenvalue weighted by atomic mass is 16.5. The maximum Gasteiger partial charge on any atom is 0.191 e. The Bertz CT molecular complexity index is 1850. The Labute approximate surface area is 180 Å². The number of para-hydroxylation sites is 2. The van der Waals surface area contributed by atoms with E-state index in [1.807, 2.05) is 84.9 Å². The summed E-state index contributed by atoms with van der Waals surface area (Å²) in [7, 11) is 0. The lowest BCUT2D eigenvalue weighted by Crippen LogP contribution is -1.87. The van der Waals surface area contributed by atoms with Crippen molar-refractivity contribution in [1.82, 2.24) is 4.73 Å². The minimum Gasteiger partial charge on any atom is -0.456 e. The second-order valence-corrected chi connectivity index (χ2v) is 7.80. The Morgan fingerprint density at radius 1 is 0.594 bits per heavy atom. The van der Waals surface area contributed by atoms with E-state index >= 15 is 0 Å². The van der Waals surface area contributed by atoms with Crippen LogP contribution in [-0.4, -0.2) is 9.94 Å². The Hall–Kier alpha value is -4.58. The lowest BCUT2D eigenvalue weighted by atomic mass is 10.1. The second kappa shape index (κ2) is 6.21. The number of benzene rings is 4. The van der Waals surface area contributed by atoms with Gasteiger partial charge in [0.1, 0.15) is 22.3 Å². The molecule has 3 aromatic heterocycles. The summed E-state index contributed by atoms with van der Waals surface area (Å²) in [5.74, 6) is 0.342. The number of hydrogen-bond donors (Lipinski definition) is 1. The van der Waals surface area contributed by atoms with Gasteiger partial charge in [-0.15, -0.1) is 10.2 Å². The zero-order chi connectivity index (χ0) is 21.2. The predicted octanol–water partition coefficient (Wildman–Crippen LogP) is 8.09. The van der Waals surface area contributed by atoms with Crippen molar-refractivity contribution in [3.05, 3.63) is 84.9 Å². The highest BCUT2D eigenvalue weighted by Crippen LogP contribution is 2.35. The van der Waals surface area contributed by atoms with Gasteiger partial charge in [0.2, 0.25) is 0 Å². The fourth-order valence-electron chi connectivity index (χ4n) is 4.36. The first-order valence-electron chi connectivity index (χ1n) is 10.2. The van der Waals surface area contributed by atoms with Crippen LogP contribution in [0.25, 0.3) is 54.8 Å². The lowest BCUT2D eigenvalue weighted by molar-refractivity contribution is 0.204. The van der Waals surface area contributed by atoms with Crippen molar-refractivity contribution in [3.8, 4) is 0 Å². The minimum absolute atomic E-state index is 0.342. The molecule has 7 aromatic rings. The number of aromatic nitrogens is 1. The summed E-state index contributed by atoms with van der Waals surface area (Å²) in [6.07, 6.45) is 0. The summed E-state index contributed by atoms with van der Waals surface area (Å²) in [4.78, 5) is 0. The molecule has 32 heavy (non-hydrogen) atoms. The van der Waals surface area contributed by atoms with Crippen LogP contribution in [0.3, 0.4) is 0 Å². The molecule has 0 bridgehead atoms. The van der Waals surface area contributed by atoms with Crippen molar-refractivity contribution in [2.24, 2.45) is 10.2 Å². The predicted molar refractivity (Wildman–Crippen MR) is 124 cm³/mol. The van der Waals surface area contributed by atoms with E-state index in [1.54, 1.807) is 0 Å². The molecule has 0 fully saturated rings. The molecule has 6 nitrogen and oxygen atoms in total. The monoisotopic (exact) mass is 417 g/mol. The molecule has 4 aromatic carbocycles. The first-order chi connectivity index (χ1) is 15.7. The first-order valence-corrected chi connectivity index (χ1v) is 10.2. The van der Waals surface area contributed by atoms with Gasteiger partial charge >= 0.3 is 0 Å². The normalized spacial score (nSPS) is 12.4. The zero-order valence-corrected chi connectivity index (χ0v) is 16.7. The van der Waals surface area contributed by atoms with Gasteiger partial charge in [0.15, 0.2) is 5.82 Å². The van der Waals surface area contributed by atoms with Gasteiger partial charge in [-0.2, -0.15) is 4.73 Å². The molecule has 152 valence electrons. The fraction of sp³-hybridized carbons (Fsp3) is 0. The Morgan fingerprint density at radius 3 is 2.03 bits per heavy atom. The van der Waals surface area contributed by atoms with Crippen LogP contribution in [0, 0.1) is 0 Å². The molecule has 1 N–H and O–H groups in total. The topological polar surface area (TPSA) is 76.2 Å². The van der Waals surface area contributed by atoms with Crippen LogP contribution in [0.1, 0.15) is 0 Å². The van der Waals surface area contributed by atoms with E-state index in [0.717, 1.165) is 48.4 Å². The molecular formula is C26H15N3O3. The zero-order valence-electron chi connectivity index (χ0n) is 16.7. The Morgan fingerprint density at radius 2 is 1.25 bits per heavy atom.